The zero-order chi connectivity index (χ0) is 15.7. The molecule has 5 nitrogen and oxygen atoms in total. The molecular weight excluding hydrogens is 357 g/mol. The lowest BCUT2D eigenvalue weighted by Gasteiger charge is -2.32. The fraction of sp³-hybridized carbons (Fsp3) is 0.467. The molecule has 1 saturated heterocycles. The van der Waals surface area contributed by atoms with E-state index in [4.69, 9.17) is 17.3 Å². The van der Waals surface area contributed by atoms with Gasteiger partial charge in [-0.15, -0.1) is 24.2 Å². The van der Waals surface area contributed by atoms with Gasteiger partial charge in [0.05, 0.1) is 10.9 Å². The van der Waals surface area contributed by atoms with Crippen LogP contribution in [0.4, 0.5) is 5.69 Å². The van der Waals surface area contributed by atoms with Crippen molar-refractivity contribution in [2.24, 2.45) is 5.73 Å². The largest absolute Gasteiger partial charge is 0.341 e. The highest BCUT2D eigenvalue weighted by Crippen LogP contribution is 2.38. The highest BCUT2D eigenvalue weighted by molar-refractivity contribution is 8.01. The molecule has 2 atom stereocenters. The second-order valence-electron chi connectivity index (χ2n) is 5.68. The molecule has 0 radical (unpaired) electrons. The van der Waals surface area contributed by atoms with E-state index in [1.807, 2.05) is 6.07 Å². The number of likely N-dealkylation sites (tertiary alicyclic amines) is 1. The Kier molecular flexibility index (Phi) is 6.19. The number of thioether (sulfide) groups is 1. The van der Waals surface area contributed by atoms with Crippen molar-refractivity contribution < 1.29 is 9.59 Å². The van der Waals surface area contributed by atoms with Crippen molar-refractivity contribution in [3.63, 3.8) is 0 Å². The van der Waals surface area contributed by atoms with Gasteiger partial charge in [0.2, 0.25) is 11.8 Å². The Balaban J connectivity index is 0.00000192. The van der Waals surface area contributed by atoms with Crippen molar-refractivity contribution in [2.45, 2.75) is 35.4 Å². The Labute approximate surface area is 150 Å². The summed E-state index contributed by atoms with van der Waals surface area (Å²) in [5, 5.41) is 3.00. The molecule has 2 heterocycles. The lowest BCUT2D eigenvalue weighted by molar-refractivity contribution is -0.133. The van der Waals surface area contributed by atoms with Gasteiger partial charge in [-0.25, -0.2) is 0 Å². The summed E-state index contributed by atoms with van der Waals surface area (Å²) in [5.41, 5.74) is 6.62. The van der Waals surface area contributed by atoms with Crippen LogP contribution in [0.2, 0.25) is 5.02 Å². The molecule has 0 aromatic heterocycles. The Morgan fingerprint density at radius 1 is 1.48 bits per heavy atom. The molecule has 0 aliphatic carbocycles. The smallest absolute Gasteiger partial charge is 0.238 e. The average molecular weight is 376 g/mol. The second-order valence-corrected chi connectivity index (χ2v) is 7.36. The topological polar surface area (TPSA) is 75.4 Å². The SMILES string of the molecule is Cl.NC1CCCN(C(=O)CC2Sc3ccc(Cl)cc3NC2=O)C1. The normalized spacial score (nSPS) is 23.6. The van der Waals surface area contributed by atoms with Gasteiger partial charge >= 0.3 is 0 Å². The van der Waals surface area contributed by atoms with Gasteiger partial charge in [-0.05, 0) is 31.0 Å². The Hall–Kier alpha value is -0.950. The molecule has 0 spiro atoms. The van der Waals surface area contributed by atoms with Crippen LogP contribution in [0, 0.1) is 0 Å². The van der Waals surface area contributed by atoms with E-state index in [0.717, 1.165) is 24.3 Å². The molecule has 126 valence electrons. The minimum atomic E-state index is -0.403. The maximum Gasteiger partial charge on any atom is 0.238 e. The zero-order valence-corrected chi connectivity index (χ0v) is 14.8. The first-order chi connectivity index (χ1) is 10.5. The van der Waals surface area contributed by atoms with Gasteiger partial charge in [0.25, 0.3) is 0 Å². The minimum absolute atomic E-state index is 0. The summed E-state index contributed by atoms with van der Waals surface area (Å²) in [7, 11) is 0. The number of piperidine rings is 1. The van der Waals surface area contributed by atoms with Crippen molar-refractivity contribution in [2.75, 3.05) is 18.4 Å². The van der Waals surface area contributed by atoms with E-state index < -0.39 is 5.25 Å². The van der Waals surface area contributed by atoms with Crippen LogP contribution in [0.15, 0.2) is 23.1 Å². The van der Waals surface area contributed by atoms with Crippen LogP contribution in [0.1, 0.15) is 19.3 Å². The summed E-state index contributed by atoms with van der Waals surface area (Å²) in [6.07, 6.45) is 2.08. The van der Waals surface area contributed by atoms with Gasteiger partial charge in [0, 0.05) is 35.5 Å². The highest BCUT2D eigenvalue weighted by atomic mass is 35.5. The molecule has 2 amide bonds. The number of halogens is 2. The number of rotatable bonds is 2. The monoisotopic (exact) mass is 375 g/mol. The number of benzene rings is 1. The Morgan fingerprint density at radius 2 is 2.26 bits per heavy atom. The lowest BCUT2D eigenvalue weighted by atomic mass is 10.1. The molecule has 1 fully saturated rings. The van der Waals surface area contributed by atoms with Gasteiger partial charge in [0.1, 0.15) is 0 Å². The molecule has 2 unspecified atom stereocenters. The average Bonchev–Trinajstić information content (AvgIpc) is 2.48. The molecule has 1 aromatic rings. The fourth-order valence-electron chi connectivity index (χ4n) is 2.78. The van der Waals surface area contributed by atoms with Crippen LogP contribution in [0.3, 0.4) is 0 Å². The number of carbonyl (C=O) groups excluding carboxylic acids is 2. The maximum atomic E-state index is 12.4. The first kappa shape index (κ1) is 18.4. The Bertz CT molecular complexity index is 614. The highest BCUT2D eigenvalue weighted by Gasteiger charge is 2.31. The summed E-state index contributed by atoms with van der Waals surface area (Å²) in [6, 6.07) is 5.43. The Morgan fingerprint density at radius 3 is 3.00 bits per heavy atom. The van der Waals surface area contributed by atoms with E-state index >= 15 is 0 Å². The summed E-state index contributed by atoms with van der Waals surface area (Å²) < 4.78 is 0. The summed E-state index contributed by atoms with van der Waals surface area (Å²) in [4.78, 5) is 27.3. The fourth-order valence-corrected chi connectivity index (χ4v) is 4.04. The van der Waals surface area contributed by atoms with Gasteiger partial charge in [-0.2, -0.15) is 0 Å². The van der Waals surface area contributed by atoms with Crippen LogP contribution in [-0.2, 0) is 9.59 Å². The summed E-state index contributed by atoms with van der Waals surface area (Å²) in [6.45, 7) is 1.32. The van der Waals surface area contributed by atoms with Gasteiger partial charge in [0.15, 0.2) is 0 Å². The first-order valence-corrected chi connectivity index (χ1v) is 8.59. The molecule has 0 bridgehead atoms. The van der Waals surface area contributed by atoms with E-state index in [1.165, 1.54) is 11.8 Å². The number of carbonyl (C=O) groups is 2. The molecule has 8 heteroatoms. The first-order valence-electron chi connectivity index (χ1n) is 7.33. The third-order valence-electron chi connectivity index (χ3n) is 3.93. The van der Waals surface area contributed by atoms with Crippen LogP contribution in [0.5, 0.6) is 0 Å². The predicted molar refractivity (Wildman–Crippen MR) is 95.4 cm³/mol. The van der Waals surface area contributed by atoms with Crippen LogP contribution >= 0.6 is 35.8 Å². The van der Waals surface area contributed by atoms with Crippen LogP contribution in [-0.4, -0.2) is 41.1 Å². The molecule has 2 aliphatic heterocycles. The van der Waals surface area contributed by atoms with Crippen LogP contribution in [0.25, 0.3) is 0 Å². The quantitative estimate of drug-likeness (QED) is 0.832. The van der Waals surface area contributed by atoms with E-state index in [2.05, 4.69) is 5.32 Å². The molecule has 0 saturated carbocycles. The number of nitrogens with zero attached hydrogens (tertiary/aromatic N) is 1. The van der Waals surface area contributed by atoms with E-state index in [-0.39, 0.29) is 36.7 Å². The van der Waals surface area contributed by atoms with Gasteiger partial charge in [-0.3, -0.25) is 9.59 Å². The molecule has 23 heavy (non-hydrogen) atoms. The molecule has 2 aliphatic rings. The molecule has 3 rings (SSSR count). The second kappa shape index (κ2) is 7.75. The van der Waals surface area contributed by atoms with Crippen molar-refractivity contribution >= 4 is 53.3 Å². The maximum absolute atomic E-state index is 12.4. The van der Waals surface area contributed by atoms with Gasteiger partial charge < -0.3 is 16.0 Å². The molecule has 1 aromatic carbocycles. The lowest BCUT2D eigenvalue weighted by Crippen LogP contribution is -2.47. The molecular formula is C15H19Cl2N3O2S. The summed E-state index contributed by atoms with van der Waals surface area (Å²) in [5.74, 6) is -0.144. The van der Waals surface area contributed by atoms with Crippen molar-refractivity contribution in [1.82, 2.24) is 4.90 Å². The molecule has 3 N–H and O–H groups in total. The van der Waals surface area contributed by atoms with Crippen molar-refractivity contribution in [3.8, 4) is 0 Å². The zero-order valence-electron chi connectivity index (χ0n) is 12.5. The van der Waals surface area contributed by atoms with Crippen molar-refractivity contribution in [1.29, 1.82) is 0 Å². The number of nitrogens with one attached hydrogen (secondary N) is 1. The third kappa shape index (κ3) is 4.32. The standard InChI is InChI=1S/C15H18ClN3O2S.ClH/c16-9-3-4-12-11(6-9)18-15(21)13(22-12)7-14(20)19-5-1-2-10(17)8-19;/h3-4,6,10,13H,1-2,5,7-8,17H2,(H,18,21);1H. The third-order valence-corrected chi connectivity index (χ3v) is 5.44. The van der Waals surface area contributed by atoms with E-state index in [9.17, 15) is 9.59 Å². The van der Waals surface area contributed by atoms with E-state index in [1.54, 1.807) is 17.0 Å². The van der Waals surface area contributed by atoms with Crippen molar-refractivity contribution in [3.05, 3.63) is 23.2 Å². The summed E-state index contributed by atoms with van der Waals surface area (Å²) >= 11 is 7.34. The predicted octanol–water partition coefficient (Wildman–Crippen LogP) is 2.51. The number of anilines is 1. The number of nitrogens with two attached hydrogens (primary N) is 1. The minimum Gasteiger partial charge on any atom is -0.341 e. The number of fused-ring (bicyclic) bond motifs is 1. The van der Waals surface area contributed by atoms with Crippen LogP contribution < -0.4 is 11.1 Å². The number of hydrogen-bond donors (Lipinski definition) is 2. The number of amides is 2. The number of hydrogen-bond acceptors (Lipinski definition) is 4. The van der Waals surface area contributed by atoms with Gasteiger partial charge in [-0.1, -0.05) is 11.6 Å². The van der Waals surface area contributed by atoms with E-state index in [0.29, 0.717) is 17.3 Å².